The highest BCUT2D eigenvalue weighted by Crippen LogP contribution is 2.27. The molecule has 2 aliphatic heterocycles. The maximum atomic E-state index is 12.1. The second kappa shape index (κ2) is 6.03. The monoisotopic (exact) mass is 347 g/mol. The zero-order chi connectivity index (χ0) is 18.4. The number of benzene rings is 1. The number of carbonyl (C=O) groups is 3. The van der Waals surface area contributed by atoms with Crippen LogP contribution >= 0.6 is 0 Å². The maximum absolute atomic E-state index is 12.1. The molecule has 0 aromatic heterocycles. The first kappa shape index (κ1) is 17.2. The fraction of sp³-hybridized carbons (Fsp3) is 0.471. The van der Waals surface area contributed by atoms with Gasteiger partial charge in [-0.2, -0.15) is 0 Å². The standard InChI is InChI=1S/C17H21N3O5/c1-17(2,3)25-16(23)19-8-6-18(7-9-19)11-4-5-12-13(10-11)15(22)20(24)14(12)21/h4-5,10,24H,6-9H2,1-3H3. The summed E-state index contributed by atoms with van der Waals surface area (Å²) in [6, 6.07) is 4.89. The average Bonchev–Trinajstić information content (AvgIpc) is 2.78. The highest BCUT2D eigenvalue weighted by atomic mass is 16.6. The normalized spacial score (nSPS) is 17.8. The second-order valence-corrected chi connectivity index (χ2v) is 7.11. The molecule has 0 bridgehead atoms. The first-order valence-corrected chi connectivity index (χ1v) is 8.12. The largest absolute Gasteiger partial charge is 0.444 e. The highest BCUT2D eigenvalue weighted by Gasteiger charge is 2.35. The molecule has 0 saturated carbocycles. The van der Waals surface area contributed by atoms with Gasteiger partial charge in [0.1, 0.15) is 5.60 Å². The third-order valence-electron chi connectivity index (χ3n) is 4.15. The van der Waals surface area contributed by atoms with Crippen molar-refractivity contribution in [3.05, 3.63) is 29.3 Å². The number of piperazine rings is 1. The summed E-state index contributed by atoms with van der Waals surface area (Å²) in [5.74, 6) is -1.42. The summed E-state index contributed by atoms with van der Waals surface area (Å²) in [6.45, 7) is 7.67. The van der Waals surface area contributed by atoms with E-state index in [0.29, 0.717) is 26.2 Å². The number of ether oxygens (including phenoxy) is 1. The van der Waals surface area contributed by atoms with Crippen LogP contribution in [-0.2, 0) is 4.74 Å². The molecule has 1 fully saturated rings. The molecule has 3 amide bonds. The van der Waals surface area contributed by atoms with Crippen molar-refractivity contribution < 1.29 is 24.3 Å². The van der Waals surface area contributed by atoms with E-state index in [2.05, 4.69) is 0 Å². The molecule has 1 N–H and O–H groups in total. The predicted octanol–water partition coefficient (Wildman–Crippen LogP) is 1.73. The number of rotatable bonds is 1. The van der Waals surface area contributed by atoms with Gasteiger partial charge in [-0.15, -0.1) is 5.06 Å². The van der Waals surface area contributed by atoms with E-state index in [1.807, 2.05) is 25.7 Å². The van der Waals surface area contributed by atoms with Gasteiger partial charge in [0.05, 0.1) is 11.1 Å². The Kier molecular flexibility index (Phi) is 4.16. The van der Waals surface area contributed by atoms with Crippen molar-refractivity contribution in [3.8, 4) is 0 Å². The summed E-state index contributed by atoms with van der Waals surface area (Å²) in [6.07, 6.45) is -0.335. The molecule has 1 aromatic rings. The Balaban J connectivity index is 1.68. The molecule has 0 unspecified atom stereocenters. The number of hydrogen-bond acceptors (Lipinski definition) is 6. The van der Waals surface area contributed by atoms with Crippen LogP contribution in [0.3, 0.4) is 0 Å². The molecule has 8 nitrogen and oxygen atoms in total. The van der Waals surface area contributed by atoms with Crippen molar-refractivity contribution in [1.82, 2.24) is 9.96 Å². The van der Waals surface area contributed by atoms with Gasteiger partial charge in [-0.25, -0.2) is 4.79 Å². The minimum absolute atomic E-state index is 0.134. The fourth-order valence-corrected chi connectivity index (χ4v) is 2.89. The van der Waals surface area contributed by atoms with Gasteiger partial charge in [0, 0.05) is 31.9 Å². The van der Waals surface area contributed by atoms with Gasteiger partial charge in [-0.05, 0) is 39.0 Å². The summed E-state index contributed by atoms with van der Waals surface area (Å²) in [4.78, 5) is 39.4. The van der Waals surface area contributed by atoms with Gasteiger partial charge >= 0.3 is 6.09 Å². The smallest absolute Gasteiger partial charge is 0.410 e. The van der Waals surface area contributed by atoms with Crippen LogP contribution in [-0.4, -0.2) is 64.9 Å². The minimum Gasteiger partial charge on any atom is -0.444 e. The van der Waals surface area contributed by atoms with E-state index in [1.54, 1.807) is 23.1 Å². The minimum atomic E-state index is -0.714. The Bertz CT molecular complexity index is 732. The lowest BCUT2D eigenvalue weighted by Gasteiger charge is -2.36. The van der Waals surface area contributed by atoms with Gasteiger partial charge in [0.25, 0.3) is 11.8 Å². The molecular formula is C17H21N3O5. The fourth-order valence-electron chi connectivity index (χ4n) is 2.89. The van der Waals surface area contributed by atoms with E-state index in [1.165, 1.54) is 0 Å². The molecule has 0 aliphatic carbocycles. The Morgan fingerprint density at radius 2 is 1.64 bits per heavy atom. The van der Waals surface area contributed by atoms with Crippen LogP contribution in [0.2, 0.25) is 0 Å². The molecular weight excluding hydrogens is 326 g/mol. The number of carbonyl (C=O) groups excluding carboxylic acids is 3. The van der Waals surface area contributed by atoms with E-state index < -0.39 is 17.4 Å². The third kappa shape index (κ3) is 3.30. The highest BCUT2D eigenvalue weighted by molar-refractivity contribution is 6.20. The summed E-state index contributed by atoms with van der Waals surface area (Å²) in [5.41, 5.74) is 0.638. The van der Waals surface area contributed by atoms with Gasteiger partial charge in [0.15, 0.2) is 0 Å². The molecule has 3 rings (SSSR count). The molecule has 2 aliphatic rings. The number of amides is 3. The van der Waals surface area contributed by atoms with Crippen LogP contribution in [0, 0.1) is 0 Å². The summed E-state index contributed by atoms with van der Waals surface area (Å²) >= 11 is 0. The van der Waals surface area contributed by atoms with Gasteiger partial charge < -0.3 is 14.5 Å². The van der Waals surface area contributed by atoms with E-state index in [-0.39, 0.29) is 22.3 Å². The van der Waals surface area contributed by atoms with E-state index in [0.717, 1.165) is 5.69 Å². The average molecular weight is 347 g/mol. The number of imide groups is 1. The van der Waals surface area contributed by atoms with Gasteiger partial charge in [-0.1, -0.05) is 0 Å². The van der Waals surface area contributed by atoms with Crippen LogP contribution in [0.1, 0.15) is 41.5 Å². The van der Waals surface area contributed by atoms with E-state index >= 15 is 0 Å². The molecule has 25 heavy (non-hydrogen) atoms. The van der Waals surface area contributed by atoms with Crippen LogP contribution < -0.4 is 4.90 Å². The lowest BCUT2D eigenvalue weighted by Crippen LogP contribution is -2.50. The lowest BCUT2D eigenvalue weighted by molar-refractivity contribution is -0.0327. The molecule has 0 radical (unpaired) electrons. The van der Waals surface area contributed by atoms with Crippen molar-refractivity contribution >= 4 is 23.6 Å². The molecule has 0 spiro atoms. The van der Waals surface area contributed by atoms with Gasteiger partial charge in [-0.3, -0.25) is 14.8 Å². The topological polar surface area (TPSA) is 90.4 Å². The predicted molar refractivity (Wildman–Crippen MR) is 88.7 cm³/mol. The molecule has 1 aromatic carbocycles. The SMILES string of the molecule is CC(C)(C)OC(=O)N1CCN(c2ccc3c(c2)C(=O)N(O)C3=O)CC1. The number of hydroxylamine groups is 2. The Hall–Kier alpha value is -2.61. The third-order valence-corrected chi connectivity index (χ3v) is 4.15. The molecule has 134 valence electrons. The first-order valence-electron chi connectivity index (χ1n) is 8.12. The molecule has 1 saturated heterocycles. The lowest BCUT2D eigenvalue weighted by atomic mass is 10.1. The van der Waals surface area contributed by atoms with Crippen LogP contribution in [0.5, 0.6) is 0 Å². The molecule has 0 atom stereocenters. The number of fused-ring (bicyclic) bond motifs is 1. The zero-order valence-corrected chi connectivity index (χ0v) is 14.5. The molecule has 2 heterocycles. The number of hydrogen-bond donors (Lipinski definition) is 1. The Morgan fingerprint density at radius 1 is 1.04 bits per heavy atom. The maximum Gasteiger partial charge on any atom is 0.410 e. The van der Waals surface area contributed by atoms with Crippen LogP contribution in [0.25, 0.3) is 0 Å². The van der Waals surface area contributed by atoms with Crippen molar-refractivity contribution in [2.45, 2.75) is 26.4 Å². The van der Waals surface area contributed by atoms with Crippen LogP contribution in [0.15, 0.2) is 18.2 Å². The number of anilines is 1. The van der Waals surface area contributed by atoms with Crippen molar-refractivity contribution in [1.29, 1.82) is 0 Å². The van der Waals surface area contributed by atoms with Crippen LogP contribution in [0.4, 0.5) is 10.5 Å². The van der Waals surface area contributed by atoms with Gasteiger partial charge in [0.2, 0.25) is 0 Å². The summed E-state index contributed by atoms with van der Waals surface area (Å²) < 4.78 is 5.37. The van der Waals surface area contributed by atoms with Crippen molar-refractivity contribution in [2.24, 2.45) is 0 Å². The van der Waals surface area contributed by atoms with Crippen molar-refractivity contribution in [3.63, 3.8) is 0 Å². The summed E-state index contributed by atoms with van der Waals surface area (Å²) in [7, 11) is 0. The quantitative estimate of drug-likeness (QED) is 0.615. The Labute approximate surface area is 145 Å². The Morgan fingerprint density at radius 3 is 2.24 bits per heavy atom. The zero-order valence-electron chi connectivity index (χ0n) is 14.5. The van der Waals surface area contributed by atoms with E-state index in [4.69, 9.17) is 4.74 Å². The number of nitrogens with zero attached hydrogens (tertiary/aromatic N) is 3. The second-order valence-electron chi connectivity index (χ2n) is 7.11. The molecule has 8 heteroatoms. The van der Waals surface area contributed by atoms with E-state index in [9.17, 15) is 19.6 Å². The first-order chi connectivity index (χ1) is 11.7. The van der Waals surface area contributed by atoms with Crippen molar-refractivity contribution in [2.75, 3.05) is 31.1 Å². The summed E-state index contributed by atoms with van der Waals surface area (Å²) in [5, 5.41) is 9.57.